The number of aromatic nitrogens is 2. The van der Waals surface area contributed by atoms with Crippen molar-refractivity contribution in [2.75, 3.05) is 0 Å². The number of nitrogens with zero attached hydrogens (tertiary/aromatic N) is 1. The predicted octanol–water partition coefficient (Wildman–Crippen LogP) is 2.19. The topological polar surface area (TPSA) is 121 Å². The number of rotatable bonds is 9. The molecule has 3 aromatic rings. The standard InChI is InChI=1S/C22H23N3O5/c26-18(24-19(21(28)29)15-9-3-1-4-10-15)13-5-2-8-14-25-20(27)16-11-6-7-12-17(16)23-22(25)30/h1,3-4,6-7,9-12,19H,2,5,8,13-14H2,(H,23,30)(H,24,26)(H,28,29). The van der Waals surface area contributed by atoms with Gasteiger partial charge < -0.3 is 15.4 Å². The fourth-order valence-electron chi connectivity index (χ4n) is 3.30. The molecule has 0 aliphatic rings. The quantitative estimate of drug-likeness (QED) is 0.468. The number of carbonyl (C=O) groups is 2. The lowest BCUT2D eigenvalue weighted by atomic mass is 10.1. The highest BCUT2D eigenvalue weighted by Crippen LogP contribution is 2.13. The number of hydrogen-bond acceptors (Lipinski definition) is 4. The van der Waals surface area contributed by atoms with Gasteiger partial charge in [-0.3, -0.25) is 14.2 Å². The van der Waals surface area contributed by atoms with E-state index in [0.29, 0.717) is 35.7 Å². The lowest BCUT2D eigenvalue weighted by molar-refractivity contribution is -0.142. The summed E-state index contributed by atoms with van der Waals surface area (Å²) in [5.41, 5.74) is 0.225. The molecule has 3 rings (SSSR count). The van der Waals surface area contributed by atoms with Crippen LogP contribution >= 0.6 is 0 Å². The van der Waals surface area contributed by atoms with Crippen LogP contribution < -0.4 is 16.6 Å². The zero-order chi connectivity index (χ0) is 21.5. The first-order valence-electron chi connectivity index (χ1n) is 9.76. The Kier molecular flexibility index (Phi) is 6.79. The number of nitrogens with one attached hydrogen (secondary N) is 2. The average Bonchev–Trinajstić information content (AvgIpc) is 2.74. The third-order valence-electron chi connectivity index (χ3n) is 4.86. The van der Waals surface area contributed by atoms with Crippen LogP contribution in [0.2, 0.25) is 0 Å². The normalized spacial score (nSPS) is 11.9. The van der Waals surface area contributed by atoms with Crippen LogP contribution in [-0.2, 0) is 16.1 Å². The fourth-order valence-corrected chi connectivity index (χ4v) is 3.30. The number of carbonyl (C=O) groups excluding carboxylic acids is 1. The molecule has 1 unspecified atom stereocenters. The minimum Gasteiger partial charge on any atom is -0.479 e. The molecule has 0 saturated heterocycles. The Hall–Kier alpha value is -3.68. The third kappa shape index (κ3) is 5.02. The molecule has 1 aromatic heterocycles. The maximum atomic E-state index is 12.5. The Bertz CT molecular complexity index is 1150. The molecule has 2 aromatic carbocycles. The van der Waals surface area contributed by atoms with E-state index in [1.54, 1.807) is 54.6 Å². The van der Waals surface area contributed by atoms with Gasteiger partial charge in [-0.05, 0) is 30.5 Å². The van der Waals surface area contributed by atoms with Crippen LogP contribution in [0.5, 0.6) is 0 Å². The average molecular weight is 409 g/mol. The number of aromatic amines is 1. The summed E-state index contributed by atoms with van der Waals surface area (Å²) in [6, 6.07) is 14.3. The van der Waals surface area contributed by atoms with Gasteiger partial charge in [-0.1, -0.05) is 48.9 Å². The molecular weight excluding hydrogens is 386 g/mol. The van der Waals surface area contributed by atoms with E-state index in [4.69, 9.17) is 0 Å². The highest BCUT2D eigenvalue weighted by Gasteiger charge is 2.21. The second-order valence-corrected chi connectivity index (χ2v) is 6.99. The van der Waals surface area contributed by atoms with Crippen molar-refractivity contribution in [2.45, 2.75) is 38.3 Å². The molecule has 1 heterocycles. The Morgan fingerprint density at radius 3 is 2.40 bits per heavy atom. The Balaban J connectivity index is 1.50. The molecule has 0 saturated carbocycles. The van der Waals surface area contributed by atoms with Gasteiger partial charge >= 0.3 is 11.7 Å². The molecule has 0 fully saturated rings. The van der Waals surface area contributed by atoms with E-state index in [1.807, 2.05) is 0 Å². The highest BCUT2D eigenvalue weighted by molar-refractivity contribution is 5.84. The van der Waals surface area contributed by atoms with Crippen molar-refractivity contribution in [1.29, 1.82) is 0 Å². The van der Waals surface area contributed by atoms with Gasteiger partial charge in [0.25, 0.3) is 5.56 Å². The minimum atomic E-state index is -1.12. The molecule has 8 nitrogen and oxygen atoms in total. The lowest BCUT2D eigenvalue weighted by Gasteiger charge is -2.14. The monoisotopic (exact) mass is 409 g/mol. The Morgan fingerprint density at radius 2 is 1.67 bits per heavy atom. The van der Waals surface area contributed by atoms with Crippen molar-refractivity contribution in [3.8, 4) is 0 Å². The van der Waals surface area contributed by atoms with Crippen molar-refractivity contribution in [3.05, 3.63) is 81.0 Å². The van der Waals surface area contributed by atoms with E-state index in [0.717, 1.165) is 4.57 Å². The fraction of sp³-hybridized carbons (Fsp3) is 0.273. The van der Waals surface area contributed by atoms with Gasteiger partial charge in [0.1, 0.15) is 0 Å². The summed E-state index contributed by atoms with van der Waals surface area (Å²) in [5, 5.41) is 12.3. The largest absolute Gasteiger partial charge is 0.479 e. The second kappa shape index (κ2) is 9.69. The molecule has 1 amide bonds. The number of para-hydroxylation sites is 1. The summed E-state index contributed by atoms with van der Waals surface area (Å²) in [4.78, 5) is 50.9. The van der Waals surface area contributed by atoms with E-state index >= 15 is 0 Å². The number of H-pyrrole nitrogens is 1. The zero-order valence-electron chi connectivity index (χ0n) is 16.3. The molecule has 3 N–H and O–H groups in total. The number of fused-ring (bicyclic) bond motifs is 1. The van der Waals surface area contributed by atoms with Gasteiger partial charge in [-0.25, -0.2) is 9.59 Å². The van der Waals surface area contributed by atoms with E-state index < -0.39 is 17.7 Å². The van der Waals surface area contributed by atoms with Gasteiger partial charge in [0.15, 0.2) is 6.04 Å². The van der Waals surface area contributed by atoms with Crippen LogP contribution in [0.4, 0.5) is 0 Å². The van der Waals surface area contributed by atoms with Gasteiger partial charge in [0.2, 0.25) is 5.91 Å². The van der Waals surface area contributed by atoms with Crippen molar-refractivity contribution in [2.24, 2.45) is 0 Å². The molecule has 0 aliphatic heterocycles. The highest BCUT2D eigenvalue weighted by atomic mass is 16.4. The lowest BCUT2D eigenvalue weighted by Crippen LogP contribution is -2.35. The number of unbranched alkanes of at least 4 members (excludes halogenated alkanes) is 2. The van der Waals surface area contributed by atoms with Crippen molar-refractivity contribution < 1.29 is 14.7 Å². The SMILES string of the molecule is O=C(CCCCCn1c(=O)[nH]c2ccccc2c1=O)NC(C(=O)O)c1ccccc1. The summed E-state index contributed by atoms with van der Waals surface area (Å²) in [7, 11) is 0. The molecule has 0 aliphatic carbocycles. The van der Waals surface area contributed by atoms with Crippen molar-refractivity contribution in [1.82, 2.24) is 14.9 Å². The van der Waals surface area contributed by atoms with Crippen LogP contribution in [0.1, 0.15) is 37.3 Å². The zero-order valence-corrected chi connectivity index (χ0v) is 16.3. The van der Waals surface area contributed by atoms with Gasteiger partial charge in [0.05, 0.1) is 10.9 Å². The van der Waals surface area contributed by atoms with Gasteiger partial charge in [0, 0.05) is 13.0 Å². The second-order valence-electron chi connectivity index (χ2n) is 6.99. The van der Waals surface area contributed by atoms with E-state index in [9.17, 15) is 24.3 Å². The summed E-state index contributed by atoms with van der Waals surface area (Å²) in [6.07, 6.45) is 1.86. The number of carboxylic acid groups (broad SMARTS) is 1. The molecule has 1 atom stereocenters. The smallest absolute Gasteiger partial charge is 0.330 e. The number of carboxylic acids is 1. The van der Waals surface area contributed by atoms with Crippen LogP contribution in [-0.4, -0.2) is 26.5 Å². The van der Waals surface area contributed by atoms with Crippen LogP contribution in [0.15, 0.2) is 64.2 Å². The molecule has 30 heavy (non-hydrogen) atoms. The van der Waals surface area contributed by atoms with E-state index in [-0.39, 0.29) is 24.4 Å². The van der Waals surface area contributed by atoms with Crippen LogP contribution in [0.25, 0.3) is 10.9 Å². The molecule has 0 bridgehead atoms. The first-order chi connectivity index (χ1) is 14.5. The molecule has 0 radical (unpaired) electrons. The first-order valence-corrected chi connectivity index (χ1v) is 9.76. The molecular formula is C22H23N3O5. The molecule has 8 heteroatoms. The Labute approximate surface area is 172 Å². The van der Waals surface area contributed by atoms with E-state index in [1.165, 1.54) is 0 Å². The Morgan fingerprint density at radius 1 is 0.967 bits per heavy atom. The van der Waals surface area contributed by atoms with Gasteiger partial charge in [-0.2, -0.15) is 0 Å². The first kappa shape index (κ1) is 21.0. The summed E-state index contributed by atoms with van der Waals surface area (Å²) >= 11 is 0. The number of benzene rings is 2. The van der Waals surface area contributed by atoms with Gasteiger partial charge in [-0.15, -0.1) is 0 Å². The summed E-state index contributed by atoms with van der Waals surface area (Å²) in [5.74, 6) is -1.48. The summed E-state index contributed by atoms with van der Waals surface area (Å²) in [6.45, 7) is 0.252. The van der Waals surface area contributed by atoms with Crippen molar-refractivity contribution in [3.63, 3.8) is 0 Å². The van der Waals surface area contributed by atoms with E-state index in [2.05, 4.69) is 10.3 Å². The van der Waals surface area contributed by atoms with Crippen molar-refractivity contribution >= 4 is 22.8 Å². The number of amides is 1. The predicted molar refractivity (Wildman–Crippen MR) is 112 cm³/mol. The molecule has 0 spiro atoms. The maximum Gasteiger partial charge on any atom is 0.330 e. The number of aliphatic carboxylic acids is 1. The number of hydrogen-bond donors (Lipinski definition) is 3. The van der Waals surface area contributed by atoms with Crippen LogP contribution in [0, 0.1) is 0 Å². The maximum absolute atomic E-state index is 12.5. The van der Waals surface area contributed by atoms with Crippen LogP contribution in [0.3, 0.4) is 0 Å². The third-order valence-corrected chi connectivity index (χ3v) is 4.86. The molecule has 156 valence electrons. The minimum absolute atomic E-state index is 0.166. The summed E-state index contributed by atoms with van der Waals surface area (Å²) < 4.78 is 1.16.